The molecule has 2 aromatic heterocycles. The fraction of sp³-hybridized carbons (Fsp3) is 0.579. The van der Waals surface area contributed by atoms with Crippen molar-refractivity contribution in [2.45, 2.75) is 69.3 Å². The summed E-state index contributed by atoms with van der Waals surface area (Å²) in [6.07, 6.45) is 6.16. The highest BCUT2D eigenvalue weighted by atomic mass is 32.2. The van der Waals surface area contributed by atoms with Gasteiger partial charge in [0.05, 0.1) is 17.5 Å². The number of aromatic nitrogens is 3. The zero-order valence-corrected chi connectivity index (χ0v) is 17.2. The topological polar surface area (TPSA) is 97.6 Å². The molecule has 1 aliphatic heterocycles. The van der Waals surface area contributed by atoms with Crippen LogP contribution >= 0.6 is 11.8 Å². The Morgan fingerprint density at radius 3 is 2.61 bits per heavy atom. The third kappa shape index (κ3) is 2.92. The maximum atomic E-state index is 13.3. The van der Waals surface area contributed by atoms with Gasteiger partial charge in [0.25, 0.3) is 5.91 Å². The molecular formula is C19H24N4O4S. The summed E-state index contributed by atoms with van der Waals surface area (Å²) in [7, 11) is 0. The van der Waals surface area contributed by atoms with Gasteiger partial charge in [0, 0.05) is 6.20 Å². The molecule has 1 aliphatic carbocycles. The van der Waals surface area contributed by atoms with Crippen LogP contribution in [0.1, 0.15) is 63.0 Å². The van der Waals surface area contributed by atoms with Crippen molar-refractivity contribution in [2.75, 3.05) is 6.26 Å². The van der Waals surface area contributed by atoms with Crippen LogP contribution in [0.15, 0.2) is 11.4 Å². The van der Waals surface area contributed by atoms with Crippen LogP contribution in [0, 0.1) is 0 Å². The molecular weight excluding hydrogens is 380 g/mol. The number of hydrogen-bond acceptors (Lipinski definition) is 7. The molecule has 0 saturated heterocycles. The number of fused-ring (bicyclic) bond motifs is 5. The van der Waals surface area contributed by atoms with Crippen LogP contribution in [0.4, 0.5) is 4.79 Å². The average molecular weight is 404 g/mol. The van der Waals surface area contributed by atoms with Crippen molar-refractivity contribution >= 4 is 34.8 Å². The van der Waals surface area contributed by atoms with Crippen molar-refractivity contribution < 1.29 is 19.4 Å². The lowest BCUT2D eigenvalue weighted by molar-refractivity contribution is 0.00234. The van der Waals surface area contributed by atoms with Gasteiger partial charge in [-0.15, -0.1) is 0 Å². The highest BCUT2D eigenvalue weighted by molar-refractivity contribution is 7.98. The van der Waals surface area contributed by atoms with E-state index in [1.54, 1.807) is 20.8 Å². The largest absolute Gasteiger partial charge is 0.505 e. The van der Waals surface area contributed by atoms with Crippen LogP contribution in [0.25, 0.3) is 11.0 Å². The van der Waals surface area contributed by atoms with E-state index in [2.05, 4.69) is 9.97 Å². The van der Waals surface area contributed by atoms with Crippen molar-refractivity contribution in [3.8, 4) is 5.75 Å². The summed E-state index contributed by atoms with van der Waals surface area (Å²) in [5.74, 6) is -0.719. The van der Waals surface area contributed by atoms with E-state index in [0.717, 1.165) is 19.3 Å². The zero-order chi connectivity index (χ0) is 20.2. The van der Waals surface area contributed by atoms with Gasteiger partial charge in [-0.25, -0.2) is 19.7 Å². The quantitative estimate of drug-likeness (QED) is 0.571. The number of hydrogen-bond donors (Lipinski definition) is 1. The Labute approximate surface area is 167 Å². The molecule has 9 heteroatoms. The number of nitrogens with zero attached hydrogens (tertiary/aromatic N) is 4. The number of amides is 2. The minimum Gasteiger partial charge on any atom is -0.505 e. The number of carbonyl (C=O) groups excluding carboxylic acids is 2. The summed E-state index contributed by atoms with van der Waals surface area (Å²) in [4.78, 5) is 36.2. The van der Waals surface area contributed by atoms with Crippen molar-refractivity contribution in [2.24, 2.45) is 0 Å². The predicted molar refractivity (Wildman–Crippen MR) is 105 cm³/mol. The number of imide groups is 1. The number of rotatable bonds is 1. The Kier molecular flexibility index (Phi) is 4.52. The summed E-state index contributed by atoms with van der Waals surface area (Å²) in [5.41, 5.74) is -0.0792. The third-order valence-electron chi connectivity index (χ3n) is 5.25. The van der Waals surface area contributed by atoms with E-state index in [1.807, 2.05) is 10.8 Å². The normalized spacial score (nSPS) is 22.1. The van der Waals surface area contributed by atoms with Crippen molar-refractivity contribution in [1.29, 1.82) is 0 Å². The summed E-state index contributed by atoms with van der Waals surface area (Å²) in [6, 6.07) is -0.451. The third-order valence-corrected chi connectivity index (χ3v) is 5.81. The molecule has 1 N–H and O–H groups in total. The standard InChI is InChI=1S/C19H24N4O4S/c1-19(2,3)27-18(26)23-12-8-6-5-7-11(12)22-13(16(23)25)14(24)10-9-20-17(28-4)21-15(10)22/h9,11-12,24H,5-8H2,1-4H3/t11-,12-/m1/s1. The van der Waals surface area contributed by atoms with Crippen molar-refractivity contribution in [3.05, 3.63) is 11.9 Å². The number of ether oxygens (including phenoxy) is 1. The molecule has 4 rings (SSSR count). The van der Waals surface area contributed by atoms with Gasteiger partial charge in [-0.2, -0.15) is 0 Å². The molecule has 1 saturated carbocycles. The fourth-order valence-electron chi connectivity index (χ4n) is 4.17. The van der Waals surface area contributed by atoms with E-state index in [0.29, 0.717) is 22.6 Å². The second-order valence-corrected chi connectivity index (χ2v) is 9.01. The molecule has 150 valence electrons. The number of carbonyl (C=O) groups is 2. The Hall–Kier alpha value is -2.29. The van der Waals surface area contributed by atoms with Crippen LogP contribution < -0.4 is 0 Å². The van der Waals surface area contributed by atoms with E-state index in [1.165, 1.54) is 22.9 Å². The van der Waals surface area contributed by atoms with E-state index >= 15 is 0 Å². The Morgan fingerprint density at radius 2 is 1.96 bits per heavy atom. The molecule has 0 aromatic carbocycles. The second-order valence-electron chi connectivity index (χ2n) is 8.24. The first-order chi connectivity index (χ1) is 13.2. The second kappa shape index (κ2) is 6.65. The molecule has 2 aromatic rings. The molecule has 2 amide bonds. The summed E-state index contributed by atoms with van der Waals surface area (Å²) >= 11 is 1.40. The molecule has 0 spiro atoms. The smallest absolute Gasteiger partial charge is 0.417 e. The first kappa shape index (κ1) is 19.0. The van der Waals surface area contributed by atoms with Gasteiger partial charge in [0.15, 0.2) is 16.6 Å². The molecule has 8 nitrogen and oxygen atoms in total. The van der Waals surface area contributed by atoms with Crippen molar-refractivity contribution in [3.63, 3.8) is 0 Å². The molecule has 0 bridgehead atoms. The van der Waals surface area contributed by atoms with Gasteiger partial charge in [-0.3, -0.25) is 4.79 Å². The molecule has 2 atom stereocenters. The molecule has 1 fully saturated rings. The Balaban J connectivity index is 1.90. The summed E-state index contributed by atoms with van der Waals surface area (Å²) < 4.78 is 7.32. The molecule has 3 heterocycles. The van der Waals surface area contributed by atoms with Crippen LogP contribution in [0.3, 0.4) is 0 Å². The van der Waals surface area contributed by atoms with E-state index in [-0.39, 0.29) is 23.5 Å². The summed E-state index contributed by atoms with van der Waals surface area (Å²) in [6.45, 7) is 5.31. The van der Waals surface area contributed by atoms with Crippen molar-refractivity contribution in [1.82, 2.24) is 19.4 Å². The molecule has 0 radical (unpaired) electrons. The van der Waals surface area contributed by atoms with Gasteiger partial charge in [0.2, 0.25) is 0 Å². The molecule has 28 heavy (non-hydrogen) atoms. The predicted octanol–water partition coefficient (Wildman–Crippen LogP) is 3.73. The van der Waals surface area contributed by atoms with Crippen LogP contribution in [0.2, 0.25) is 0 Å². The fourth-order valence-corrected chi connectivity index (χ4v) is 4.51. The number of aromatic hydroxyl groups is 1. The van der Waals surface area contributed by atoms with Gasteiger partial charge < -0.3 is 14.4 Å². The highest BCUT2D eigenvalue weighted by Crippen LogP contribution is 2.45. The lowest BCUT2D eigenvalue weighted by Crippen LogP contribution is -2.55. The van der Waals surface area contributed by atoms with Gasteiger partial charge in [0.1, 0.15) is 11.2 Å². The van der Waals surface area contributed by atoms with Crippen LogP contribution in [0.5, 0.6) is 5.75 Å². The highest BCUT2D eigenvalue weighted by Gasteiger charge is 2.48. The van der Waals surface area contributed by atoms with E-state index < -0.39 is 17.6 Å². The summed E-state index contributed by atoms with van der Waals surface area (Å²) in [5, 5.41) is 11.8. The zero-order valence-electron chi connectivity index (χ0n) is 16.4. The minimum atomic E-state index is -0.716. The SMILES string of the molecule is CSc1ncc2c(O)c3n(c2n1)[C@@H]1CCCC[C@H]1N(C(=O)OC(C)(C)C)C3=O. The monoisotopic (exact) mass is 404 g/mol. The van der Waals surface area contributed by atoms with Crippen LogP contribution in [-0.2, 0) is 4.74 Å². The Morgan fingerprint density at radius 1 is 1.29 bits per heavy atom. The first-order valence-corrected chi connectivity index (χ1v) is 10.7. The molecule has 2 aliphatic rings. The minimum absolute atomic E-state index is 0.0940. The van der Waals surface area contributed by atoms with E-state index in [4.69, 9.17) is 4.74 Å². The van der Waals surface area contributed by atoms with E-state index in [9.17, 15) is 14.7 Å². The Bertz CT molecular complexity index is 965. The van der Waals surface area contributed by atoms with Gasteiger partial charge >= 0.3 is 6.09 Å². The lowest BCUT2D eigenvalue weighted by atomic mass is 9.87. The van der Waals surface area contributed by atoms with Gasteiger partial charge in [-0.1, -0.05) is 24.6 Å². The molecule has 0 unspecified atom stereocenters. The van der Waals surface area contributed by atoms with Crippen LogP contribution in [-0.4, -0.2) is 54.4 Å². The number of thioether (sulfide) groups is 1. The first-order valence-electron chi connectivity index (χ1n) is 9.43. The maximum absolute atomic E-state index is 13.3. The van der Waals surface area contributed by atoms with Gasteiger partial charge in [-0.05, 0) is 39.9 Å². The lowest BCUT2D eigenvalue weighted by Gasteiger charge is -2.43. The maximum Gasteiger partial charge on any atom is 0.417 e. The average Bonchev–Trinajstić information content (AvgIpc) is 2.93.